The fourth-order valence-corrected chi connectivity index (χ4v) is 3.07. The predicted molar refractivity (Wildman–Crippen MR) is 94.6 cm³/mol. The molecule has 134 valence electrons. The van der Waals surface area contributed by atoms with Crippen molar-refractivity contribution in [2.45, 2.75) is 37.8 Å². The molecule has 1 atom stereocenters. The molecule has 1 aliphatic carbocycles. The molecule has 25 heavy (non-hydrogen) atoms. The van der Waals surface area contributed by atoms with E-state index in [9.17, 15) is 4.79 Å². The molecule has 0 aliphatic heterocycles. The number of likely N-dealkylation sites (N-methyl/N-ethyl adjacent to an activating group) is 1. The van der Waals surface area contributed by atoms with Gasteiger partial charge in [0.1, 0.15) is 11.9 Å². The Labute approximate surface area is 148 Å². The highest BCUT2D eigenvalue weighted by atomic mass is 16.5. The van der Waals surface area contributed by atoms with Crippen molar-refractivity contribution >= 4 is 5.91 Å². The number of carbonyl (C=O) groups is 1. The molecule has 6 nitrogen and oxygen atoms in total. The number of carbonyl (C=O) groups excluding carboxylic acids is 1. The Morgan fingerprint density at radius 3 is 2.76 bits per heavy atom. The van der Waals surface area contributed by atoms with Crippen LogP contribution < -0.4 is 10.1 Å². The molecule has 1 saturated carbocycles. The molecule has 1 aliphatic rings. The van der Waals surface area contributed by atoms with Crippen LogP contribution in [0.3, 0.4) is 0 Å². The zero-order valence-corrected chi connectivity index (χ0v) is 14.8. The molecular weight excluding hydrogens is 318 g/mol. The van der Waals surface area contributed by atoms with Crippen molar-refractivity contribution in [1.29, 1.82) is 0 Å². The lowest BCUT2D eigenvalue weighted by Gasteiger charge is -2.22. The molecule has 1 unspecified atom stereocenters. The summed E-state index contributed by atoms with van der Waals surface area (Å²) in [6.07, 6.45) is 8.08. The molecular formula is C19H25N3O3. The normalized spacial score (nSPS) is 16.1. The largest absolute Gasteiger partial charge is 0.474 e. The van der Waals surface area contributed by atoms with Gasteiger partial charge in [-0.1, -0.05) is 0 Å². The first-order valence-corrected chi connectivity index (χ1v) is 8.74. The second kappa shape index (κ2) is 8.16. The van der Waals surface area contributed by atoms with Gasteiger partial charge in [0, 0.05) is 18.8 Å². The van der Waals surface area contributed by atoms with Gasteiger partial charge < -0.3 is 14.5 Å². The van der Waals surface area contributed by atoms with Crippen LogP contribution in [0.4, 0.5) is 0 Å². The van der Waals surface area contributed by atoms with E-state index in [0.29, 0.717) is 18.0 Å². The Balaban J connectivity index is 1.55. The van der Waals surface area contributed by atoms with Crippen LogP contribution in [-0.2, 0) is 0 Å². The first-order valence-electron chi connectivity index (χ1n) is 8.74. The van der Waals surface area contributed by atoms with Gasteiger partial charge in [0.05, 0.1) is 17.9 Å². The van der Waals surface area contributed by atoms with E-state index in [0.717, 1.165) is 18.6 Å². The summed E-state index contributed by atoms with van der Waals surface area (Å²) in [4.78, 5) is 18.6. The van der Waals surface area contributed by atoms with E-state index >= 15 is 0 Å². The van der Waals surface area contributed by atoms with Crippen molar-refractivity contribution in [3.05, 3.63) is 48.0 Å². The van der Waals surface area contributed by atoms with E-state index in [1.165, 1.54) is 12.8 Å². The molecule has 1 amide bonds. The molecule has 1 N–H and O–H groups in total. The minimum absolute atomic E-state index is 0.0168. The van der Waals surface area contributed by atoms with Gasteiger partial charge in [-0.05, 0) is 58.0 Å². The zero-order chi connectivity index (χ0) is 17.6. The number of nitrogens with one attached hydrogen (secondary N) is 1. The first kappa shape index (κ1) is 17.5. The third-order valence-corrected chi connectivity index (χ3v) is 4.54. The molecule has 3 rings (SSSR count). The van der Waals surface area contributed by atoms with E-state index in [2.05, 4.69) is 10.3 Å². The van der Waals surface area contributed by atoms with Crippen molar-refractivity contribution < 1.29 is 13.9 Å². The monoisotopic (exact) mass is 343 g/mol. The molecule has 2 aromatic heterocycles. The fraction of sp³-hybridized carbons (Fsp3) is 0.474. The minimum Gasteiger partial charge on any atom is -0.474 e. The number of rotatable bonds is 7. The molecule has 0 bridgehead atoms. The second-order valence-corrected chi connectivity index (χ2v) is 6.61. The summed E-state index contributed by atoms with van der Waals surface area (Å²) in [6.45, 7) is 0.458. The van der Waals surface area contributed by atoms with Crippen molar-refractivity contribution in [1.82, 2.24) is 15.2 Å². The maximum atomic E-state index is 12.4. The van der Waals surface area contributed by atoms with Gasteiger partial charge in [-0.3, -0.25) is 9.69 Å². The van der Waals surface area contributed by atoms with Crippen LogP contribution in [0.1, 0.15) is 47.8 Å². The maximum absolute atomic E-state index is 12.4. The molecule has 0 aromatic carbocycles. The van der Waals surface area contributed by atoms with E-state index in [1.807, 2.05) is 31.1 Å². The lowest BCUT2D eigenvalue weighted by atomic mass is 10.2. The number of ether oxygens (including phenoxy) is 1. The van der Waals surface area contributed by atoms with Crippen LogP contribution in [0.2, 0.25) is 0 Å². The van der Waals surface area contributed by atoms with Crippen molar-refractivity contribution in [3.63, 3.8) is 0 Å². The molecule has 0 spiro atoms. The number of hydrogen-bond acceptors (Lipinski definition) is 5. The highest BCUT2D eigenvalue weighted by Gasteiger charge is 2.19. The lowest BCUT2D eigenvalue weighted by molar-refractivity contribution is 0.0938. The van der Waals surface area contributed by atoms with Crippen LogP contribution in [0, 0.1) is 0 Å². The highest BCUT2D eigenvalue weighted by molar-refractivity contribution is 5.93. The number of amides is 1. The third-order valence-electron chi connectivity index (χ3n) is 4.54. The number of nitrogens with zero attached hydrogens (tertiary/aromatic N) is 2. The van der Waals surface area contributed by atoms with Crippen LogP contribution in [0.5, 0.6) is 5.88 Å². The Bertz CT molecular complexity index is 662. The molecule has 1 fully saturated rings. The quantitative estimate of drug-likeness (QED) is 0.837. The smallest absolute Gasteiger partial charge is 0.252 e. The van der Waals surface area contributed by atoms with E-state index in [4.69, 9.17) is 9.15 Å². The summed E-state index contributed by atoms with van der Waals surface area (Å²) in [5.74, 6) is 1.26. The van der Waals surface area contributed by atoms with Gasteiger partial charge in [0.2, 0.25) is 5.88 Å². The van der Waals surface area contributed by atoms with Gasteiger partial charge in [-0.15, -0.1) is 0 Å². The van der Waals surface area contributed by atoms with E-state index < -0.39 is 0 Å². The predicted octanol–water partition coefficient (Wildman–Crippen LogP) is 3.03. The number of aromatic nitrogens is 1. The van der Waals surface area contributed by atoms with E-state index in [1.54, 1.807) is 24.6 Å². The van der Waals surface area contributed by atoms with Gasteiger partial charge in [0.15, 0.2) is 0 Å². The Morgan fingerprint density at radius 1 is 1.36 bits per heavy atom. The Hall–Kier alpha value is -2.34. The summed E-state index contributed by atoms with van der Waals surface area (Å²) in [5.41, 5.74) is 0.524. The topological polar surface area (TPSA) is 67.6 Å². The molecule has 0 saturated heterocycles. The van der Waals surface area contributed by atoms with Gasteiger partial charge in [-0.2, -0.15) is 0 Å². The fourth-order valence-electron chi connectivity index (χ4n) is 3.07. The summed E-state index contributed by atoms with van der Waals surface area (Å²) in [5, 5.41) is 2.94. The Morgan fingerprint density at radius 2 is 2.16 bits per heavy atom. The minimum atomic E-state index is -0.154. The van der Waals surface area contributed by atoms with Crippen LogP contribution in [-0.4, -0.2) is 42.5 Å². The summed E-state index contributed by atoms with van der Waals surface area (Å²) >= 11 is 0. The van der Waals surface area contributed by atoms with Crippen molar-refractivity contribution in [3.8, 4) is 5.88 Å². The van der Waals surface area contributed by atoms with Gasteiger partial charge >= 0.3 is 0 Å². The third kappa shape index (κ3) is 4.60. The van der Waals surface area contributed by atoms with Crippen LogP contribution >= 0.6 is 0 Å². The van der Waals surface area contributed by atoms with Gasteiger partial charge in [-0.25, -0.2) is 4.98 Å². The molecule has 2 heterocycles. The average molecular weight is 343 g/mol. The molecule has 0 radical (unpaired) electrons. The average Bonchev–Trinajstić information content (AvgIpc) is 3.29. The number of furan rings is 1. The second-order valence-electron chi connectivity index (χ2n) is 6.61. The summed E-state index contributed by atoms with van der Waals surface area (Å²) in [7, 11) is 3.91. The van der Waals surface area contributed by atoms with E-state index in [-0.39, 0.29) is 18.1 Å². The van der Waals surface area contributed by atoms with Crippen LogP contribution in [0.15, 0.2) is 41.1 Å². The highest BCUT2D eigenvalue weighted by Crippen LogP contribution is 2.23. The van der Waals surface area contributed by atoms with Crippen molar-refractivity contribution in [2.24, 2.45) is 0 Å². The standard InChI is InChI=1S/C19H25N3O3/c1-22(2)16(17-8-5-11-24-17)13-21-19(23)14-9-10-18(20-12-14)25-15-6-3-4-7-15/h5,8-12,15-16H,3-4,6-7,13H2,1-2H3,(H,21,23). The summed E-state index contributed by atoms with van der Waals surface area (Å²) < 4.78 is 11.3. The van der Waals surface area contributed by atoms with Crippen molar-refractivity contribution in [2.75, 3.05) is 20.6 Å². The lowest BCUT2D eigenvalue weighted by Crippen LogP contribution is -2.34. The maximum Gasteiger partial charge on any atom is 0.252 e. The van der Waals surface area contributed by atoms with Crippen LogP contribution in [0.25, 0.3) is 0 Å². The zero-order valence-electron chi connectivity index (χ0n) is 14.8. The molecule has 2 aromatic rings. The SMILES string of the molecule is CN(C)C(CNC(=O)c1ccc(OC2CCCC2)nc1)c1ccco1. The molecule has 6 heteroatoms. The Kier molecular flexibility index (Phi) is 5.71. The number of pyridine rings is 1. The van der Waals surface area contributed by atoms with Gasteiger partial charge in [0.25, 0.3) is 5.91 Å². The summed E-state index contributed by atoms with van der Waals surface area (Å²) in [6, 6.07) is 7.26. The first-order chi connectivity index (χ1) is 12.1. The number of hydrogen-bond donors (Lipinski definition) is 1.